The number of carbonyl (C=O) groups excluding carboxylic acids is 3. The highest BCUT2D eigenvalue weighted by Crippen LogP contribution is 2.18. The average Bonchev–Trinajstić information content (AvgIpc) is 2.66. The second-order valence-electron chi connectivity index (χ2n) is 6.31. The van der Waals surface area contributed by atoms with Crippen LogP contribution in [0.25, 0.3) is 0 Å². The molecular formula is C16H25N5O5P2. The van der Waals surface area contributed by atoms with Crippen LogP contribution in [-0.4, -0.2) is 35.4 Å². The SMILES string of the molecule is CC(C)(NC(=O)CCC(N)C(=O)OP)C(=O)Oc1ccc(NC(=N)NP)cc1. The minimum Gasteiger partial charge on any atom is -0.450 e. The zero-order valence-corrected chi connectivity index (χ0v) is 17.9. The van der Waals surface area contributed by atoms with Crippen molar-refractivity contribution in [1.29, 1.82) is 5.41 Å². The van der Waals surface area contributed by atoms with Gasteiger partial charge >= 0.3 is 11.9 Å². The Morgan fingerprint density at radius 2 is 1.86 bits per heavy atom. The Kier molecular flexibility index (Phi) is 9.25. The zero-order valence-electron chi connectivity index (χ0n) is 15.6. The number of hydrogen-bond acceptors (Lipinski definition) is 7. The molecule has 154 valence electrons. The van der Waals surface area contributed by atoms with E-state index < -0.39 is 29.4 Å². The third-order valence-corrected chi connectivity index (χ3v) is 4.06. The van der Waals surface area contributed by atoms with Gasteiger partial charge in [-0.2, -0.15) is 0 Å². The molecule has 0 saturated heterocycles. The van der Waals surface area contributed by atoms with Crippen LogP contribution in [0.15, 0.2) is 24.3 Å². The van der Waals surface area contributed by atoms with Crippen molar-refractivity contribution in [2.75, 3.05) is 5.32 Å². The van der Waals surface area contributed by atoms with Crippen LogP contribution in [0.3, 0.4) is 0 Å². The largest absolute Gasteiger partial charge is 0.450 e. The number of amides is 1. The van der Waals surface area contributed by atoms with E-state index in [0.717, 1.165) is 0 Å². The first-order valence-corrected chi connectivity index (χ1v) is 9.25. The highest BCUT2D eigenvalue weighted by Gasteiger charge is 2.32. The highest BCUT2D eigenvalue weighted by atomic mass is 31.0. The molecule has 0 aliphatic carbocycles. The van der Waals surface area contributed by atoms with Gasteiger partial charge in [0.25, 0.3) is 0 Å². The predicted molar refractivity (Wildman–Crippen MR) is 112 cm³/mol. The summed E-state index contributed by atoms with van der Waals surface area (Å²) < 4.78 is 9.70. The van der Waals surface area contributed by atoms with Gasteiger partial charge < -0.3 is 30.7 Å². The maximum Gasteiger partial charge on any atom is 0.336 e. The predicted octanol–water partition coefficient (Wildman–Crippen LogP) is 0.654. The molecule has 0 fully saturated rings. The molecule has 3 unspecified atom stereocenters. The van der Waals surface area contributed by atoms with Crippen LogP contribution in [0, 0.1) is 5.41 Å². The van der Waals surface area contributed by atoms with Crippen molar-refractivity contribution in [2.45, 2.75) is 38.3 Å². The van der Waals surface area contributed by atoms with Gasteiger partial charge in [-0.15, -0.1) is 0 Å². The van der Waals surface area contributed by atoms with Gasteiger partial charge in [0.1, 0.15) is 17.3 Å². The molecule has 0 bridgehead atoms. The number of esters is 1. The van der Waals surface area contributed by atoms with E-state index in [0.29, 0.717) is 5.69 Å². The second kappa shape index (κ2) is 10.9. The highest BCUT2D eigenvalue weighted by molar-refractivity contribution is 7.15. The Balaban J connectivity index is 2.58. The van der Waals surface area contributed by atoms with Crippen LogP contribution in [0.5, 0.6) is 5.75 Å². The van der Waals surface area contributed by atoms with Gasteiger partial charge in [0.15, 0.2) is 5.96 Å². The molecule has 1 aromatic carbocycles. The van der Waals surface area contributed by atoms with Crippen molar-refractivity contribution in [3.63, 3.8) is 0 Å². The van der Waals surface area contributed by atoms with Crippen molar-refractivity contribution in [3.8, 4) is 5.75 Å². The quantitative estimate of drug-likeness (QED) is 0.133. The number of benzene rings is 1. The zero-order chi connectivity index (χ0) is 21.3. The number of ether oxygens (including phenoxy) is 1. The van der Waals surface area contributed by atoms with Gasteiger partial charge in [0.05, 0.1) is 9.47 Å². The Hall–Kier alpha value is -2.28. The Morgan fingerprint density at radius 3 is 2.39 bits per heavy atom. The Bertz CT molecular complexity index is 727. The number of nitrogens with one attached hydrogen (secondary N) is 4. The molecule has 0 radical (unpaired) electrons. The molecule has 0 aliphatic heterocycles. The van der Waals surface area contributed by atoms with E-state index in [2.05, 4.69) is 29.6 Å². The summed E-state index contributed by atoms with van der Waals surface area (Å²) in [5.74, 6) is -1.37. The summed E-state index contributed by atoms with van der Waals surface area (Å²) in [7, 11) is 4.00. The molecule has 0 spiro atoms. The van der Waals surface area contributed by atoms with Gasteiger partial charge in [0.2, 0.25) is 5.91 Å². The molecular weight excluding hydrogens is 404 g/mol. The van der Waals surface area contributed by atoms with Crippen LogP contribution >= 0.6 is 18.9 Å². The summed E-state index contributed by atoms with van der Waals surface area (Å²) in [4.78, 5) is 35.6. The molecule has 0 heterocycles. The summed E-state index contributed by atoms with van der Waals surface area (Å²) in [6.45, 7) is 3.01. The lowest BCUT2D eigenvalue weighted by Crippen LogP contribution is -2.52. The van der Waals surface area contributed by atoms with Gasteiger partial charge in [0, 0.05) is 12.1 Å². The van der Waals surface area contributed by atoms with E-state index in [1.807, 2.05) is 0 Å². The molecule has 1 amide bonds. The van der Waals surface area contributed by atoms with E-state index in [1.165, 1.54) is 13.8 Å². The van der Waals surface area contributed by atoms with E-state index in [1.54, 1.807) is 33.7 Å². The van der Waals surface area contributed by atoms with Crippen LogP contribution in [-0.2, 0) is 18.9 Å². The van der Waals surface area contributed by atoms with Crippen molar-refractivity contribution in [3.05, 3.63) is 24.3 Å². The molecule has 1 rings (SSSR count). The molecule has 0 aromatic heterocycles. The smallest absolute Gasteiger partial charge is 0.336 e. The fourth-order valence-corrected chi connectivity index (χ4v) is 2.22. The minimum absolute atomic E-state index is 0.0479. The molecule has 6 N–H and O–H groups in total. The first-order chi connectivity index (χ1) is 13.1. The van der Waals surface area contributed by atoms with Crippen molar-refractivity contribution >= 4 is 48.4 Å². The third-order valence-electron chi connectivity index (χ3n) is 3.54. The second-order valence-corrected chi connectivity index (χ2v) is 6.84. The maximum atomic E-state index is 12.4. The fraction of sp³-hybridized carbons (Fsp3) is 0.375. The van der Waals surface area contributed by atoms with E-state index in [9.17, 15) is 14.4 Å². The van der Waals surface area contributed by atoms with E-state index in [-0.39, 0.29) is 24.6 Å². The number of hydrogen-bond donors (Lipinski definition) is 5. The number of rotatable bonds is 8. The first kappa shape index (κ1) is 23.8. The standard InChI is InChI=1S/C16H25N5O5P2/c1-16(2,20-12(22)8-7-11(17)13(23)26-28)14(24)25-10-5-3-9(4-6-10)19-15(18)21-27/h3-6,11H,7-8,17,27-28H2,1-2H3,(H,20,22)(H3,18,19,21). The minimum atomic E-state index is -1.29. The summed E-state index contributed by atoms with van der Waals surface area (Å²) in [6, 6.07) is 5.46. The van der Waals surface area contributed by atoms with E-state index >= 15 is 0 Å². The Labute approximate surface area is 167 Å². The van der Waals surface area contributed by atoms with Crippen LogP contribution in [0.2, 0.25) is 0 Å². The number of guanidine groups is 1. The van der Waals surface area contributed by atoms with Crippen LogP contribution in [0.1, 0.15) is 26.7 Å². The van der Waals surface area contributed by atoms with Crippen molar-refractivity contribution < 1.29 is 23.6 Å². The molecule has 1 aromatic rings. The lowest BCUT2D eigenvalue weighted by atomic mass is 10.0. The maximum absolute atomic E-state index is 12.4. The molecule has 10 nitrogen and oxygen atoms in total. The fourth-order valence-electron chi connectivity index (χ4n) is 1.98. The van der Waals surface area contributed by atoms with E-state index in [4.69, 9.17) is 15.9 Å². The molecule has 12 heteroatoms. The summed E-state index contributed by atoms with van der Waals surface area (Å²) in [6.07, 6.45) is 0.0342. The number of nitrogens with two attached hydrogens (primary N) is 1. The normalized spacial score (nSPS) is 11.8. The van der Waals surface area contributed by atoms with Crippen LogP contribution in [0.4, 0.5) is 5.69 Å². The molecule has 28 heavy (non-hydrogen) atoms. The monoisotopic (exact) mass is 429 g/mol. The summed E-state index contributed by atoms with van der Waals surface area (Å²) in [5.41, 5.74) is 4.92. The molecule has 0 saturated carbocycles. The van der Waals surface area contributed by atoms with Crippen molar-refractivity contribution in [1.82, 2.24) is 10.4 Å². The molecule has 0 aliphatic rings. The van der Waals surface area contributed by atoms with Gasteiger partial charge in [-0.1, -0.05) is 0 Å². The lowest BCUT2D eigenvalue weighted by Gasteiger charge is -2.24. The third kappa shape index (κ3) is 7.76. The topological polar surface area (TPSA) is 156 Å². The van der Waals surface area contributed by atoms with Gasteiger partial charge in [-0.3, -0.25) is 15.0 Å². The Morgan fingerprint density at radius 1 is 1.25 bits per heavy atom. The number of anilines is 1. The average molecular weight is 429 g/mol. The molecule has 3 atom stereocenters. The van der Waals surface area contributed by atoms with Gasteiger partial charge in [-0.25, -0.2) is 4.79 Å². The van der Waals surface area contributed by atoms with Crippen molar-refractivity contribution in [2.24, 2.45) is 5.73 Å². The first-order valence-electron chi connectivity index (χ1n) is 8.20. The van der Waals surface area contributed by atoms with Crippen LogP contribution < -0.4 is 26.2 Å². The summed E-state index contributed by atoms with van der Waals surface area (Å²) >= 11 is 0. The lowest BCUT2D eigenvalue weighted by molar-refractivity contribution is -0.143. The van der Waals surface area contributed by atoms with Gasteiger partial charge in [-0.05, 0) is 53.9 Å². The summed E-state index contributed by atoms with van der Waals surface area (Å²) in [5, 5.41) is 15.4. The number of carbonyl (C=O) groups is 3.